The van der Waals surface area contributed by atoms with Gasteiger partial charge in [-0.05, 0) is 17.7 Å². The highest BCUT2D eigenvalue weighted by molar-refractivity contribution is 7.92. The van der Waals surface area contributed by atoms with E-state index in [1.807, 2.05) is 13.0 Å². The highest BCUT2D eigenvalue weighted by Gasteiger charge is 2.21. The Morgan fingerprint density at radius 2 is 2.31 bits per heavy atom. The van der Waals surface area contributed by atoms with Crippen molar-refractivity contribution in [3.8, 4) is 5.75 Å². The maximum absolute atomic E-state index is 11.3. The Kier molecular flexibility index (Phi) is 2.77. The Balaban J connectivity index is 2.38. The van der Waals surface area contributed by atoms with Crippen molar-refractivity contribution >= 4 is 15.7 Å². The van der Waals surface area contributed by atoms with Crippen LogP contribution in [0.1, 0.15) is 18.4 Å². The minimum atomic E-state index is -3.38. The van der Waals surface area contributed by atoms with Crippen LogP contribution in [0, 0.1) is 0 Å². The molecule has 0 aromatic heterocycles. The minimum Gasteiger partial charge on any atom is -0.474 e. The monoisotopic (exact) mass is 243 g/mol. The number of aliphatic hydroxyl groups excluding tert-OH is 1. The molecule has 1 aromatic rings. The Labute approximate surface area is 94.1 Å². The van der Waals surface area contributed by atoms with Crippen LogP contribution >= 0.6 is 0 Å². The molecule has 1 aliphatic heterocycles. The van der Waals surface area contributed by atoms with E-state index in [9.17, 15) is 8.42 Å². The molecule has 1 aliphatic rings. The van der Waals surface area contributed by atoms with Gasteiger partial charge in [0.2, 0.25) is 5.94 Å². The molecule has 16 heavy (non-hydrogen) atoms. The topological polar surface area (TPSA) is 75.6 Å². The molecule has 0 saturated carbocycles. The zero-order chi connectivity index (χ0) is 11.8. The van der Waals surface area contributed by atoms with Gasteiger partial charge in [-0.25, -0.2) is 8.42 Å². The predicted molar refractivity (Wildman–Crippen MR) is 60.0 cm³/mol. The molecule has 0 amide bonds. The fourth-order valence-corrected chi connectivity index (χ4v) is 2.34. The lowest BCUT2D eigenvalue weighted by molar-refractivity contribution is 0.273. The average molecular weight is 243 g/mol. The van der Waals surface area contributed by atoms with E-state index in [2.05, 4.69) is 4.72 Å². The zero-order valence-electron chi connectivity index (χ0n) is 8.80. The first kappa shape index (κ1) is 11.2. The van der Waals surface area contributed by atoms with Gasteiger partial charge in [0.05, 0.1) is 5.69 Å². The van der Waals surface area contributed by atoms with Gasteiger partial charge in [-0.3, -0.25) is 4.72 Å². The average Bonchev–Trinajstić information content (AvgIpc) is 2.25. The van der Waals surface area contributed by atoms with Crippen LogP contribution in [0.15, 0.2) is 18.2 Å². The Hall–Kier alpha value is -1.27. The summed E-state index contributed by atoms with van der Waals surface area (Å²) < 4.78 is 30.1. The fraction of sp³-hybridized carbons (Fsp3) is 0.400. The second-order valence-electron chi connectivity index (χ2n) is 3.82. The maximum atomic E-state index is 11.3. The Morgan fingerprint density at radius 3 is 3.00 bits per heavy atom. The van der Waals surface area contributed by atoms with Crippen LogP contribution < -0.4 is 9.46 Å². The van der Waals surface area contributed by atoms with Crippen molar-refractivity contribution in [1.82, 2.24) is 0 Å². The van der Waals surface area contributed by atoms with Crippen LogP contribution in [0.4, 0.5) is 5.69 Å². The van der Waals surface area contributed by atoms with Gasteiger partial charge in [0, 0.05) is 12.5 Å². The predicted octanol–water partition coefficient (Wildman–Crippen LogP) is 0.874. The molecular formula is C10H13NO4S. The van der Waals surface area contributed by atoms with Crippen LogP contribution in [-0.4, -0.2) is 26.1 Å². The first-order valence-electron chi connectivity index (χ1n) is 4.90. The Bertz CT molecular complexity index is 498. The molecule has 2 rings (SSSR count). The van der Waals surface area contributed by atoms with Gasteiger partial charge in [-0.2, -0.15) is 0 Å². The number of sulfonamides is 1. The normalized spacial score (nSPS) is 19.1. The van der Waals surface area contributed by atoms with Gasteiger partial charge in [-0.15, -0.1) is 0 Å². The van der Waals surface area contributed by atoms with E-state index in [1.165, 1.54) is 0 Å². The van der Waals surface area contributed by atoms with Gasteiger partial charge in [0.25, 0.3) is 10.0 Å². The number of fused-ring (bicyclic) bond motifs is 1. The lowest BCUT2D eigenvalue weighted by Gasteiger charge is -2.20. The number of hydrogen-bond acceptors (Lipinski definition) is 4. The van der Waals surface area contributed by atoms with Crippen LogP contribution in [0.5, 0.6) is 5.75 Å². The smallest absolute Gasteiger partial charge is 0.268 e. The third-order valence-electron chi connectivity index (χ3n) is 2.48. The van der Waals surface area contributed by atoms with Gasteiger partial charge in [0.15, 0.2) is 0 Å². The van der Waals surface area contributed by atoms with E-state index < -0.39 is 10.0 Å². The number of aliphatic hydroxyl groups is 1. The van der Waals surface area contributed by atoms with Crippen LogP contribution in [0.2, 0.25) is 0 Å². The molecule has 1 atom stereocenters. The third kappa shape index (κ3) is 2.12. The molecule has 0 fully saturated rings. The number of anilines is 1. The summed E-state index contributed by atoms with van der Waals surface area (Å²) in [7, 11) is -3.38. The number of benzene rings is 1. The largest absolute Gasteiger partial charge is 0.474 e. The van der Waals surface area contributed by atoms with Crippen molar-refractivity contribution in [2.24, 2.45) is 0 Å². The van der Waals surface area contributed by atoms with E-state index in [4.69, 9.17) is 9.84 Å². The van der Waals surface area contributed by atoms with Crippen LogP contribution in [0.25, 0.3) is 0 Å². The minimum absolute atomic E-state index is 0.0202. The molecule has 6 heteroatoms. The molecule has 1 unspecified atom stereocenters. The van der Waals surface area contributed by atoms with E-state index in [0.29, 0.717) is 11.4 Å². The number of rotatable bonds is 2. The van der Waals surface area contributed by atoms with E-state index in [0.717, 1.165) is 5.56 Å². The summed E-state index contributed by atoms with van der Waals surface area (Å²) in [5.74, 6) is 0.134. The van der Waals surface area contributed by atoms with Crippen molar-refractivity contribution in [2.75, 3.05) is 17.3 Å². The molecule has 1 heterocycles. The molecule has 0 spiro atoms. The highest BCUT2D eigenvalue weighted by atomic mass is 32.2. The van der Waals surface area contributed by atoms with Gasteiger partial charge >= 0.3 is 0 Å². The van der Waals surface area contributed by atoms with Crippen LogP contribution in [0.3, 0.4) is 0 Å². The van der Waals surface area contributed by atoms with Gasteiger partial charge in [0.1, 0.15) is 5.75 Å². The summed E-state index contributed by atoms with van der Waals surface area (Å²) in [4.78, 5) is 0. The van der Waals surface area contributed by atoms with Crippen molar-refractivity contribution in [3.63, 3.8) is 0 Å². The summed E-state index contributed by atoms with van der Waals surface area (Å²) in [5, 5.41) is 9.03. The molecule has 0 radical (unpaired) electrons. The molecule has 88 valence electrons. The number of nitrogens with one attached hydrogen (secondary N) is 1. The SMILES string of the molecule is CC(CO)c1ccc2c(c1)NS(=O)(=O)CO2. The molecule has 1 aromatic carbocycles. The quantitative estimate of drug-likeness (QED) is 0.808. The third-order valence-corrected chi connectivity index (χ3v) is 3.44. The van der Waals surface area contributed by atoms with E-state index in [1.54, 1.807) is 12.1 Å². The summed E-state index contributed by atoms with van der Waals surface area (Å²) >= 11 is 0. The molecule has 0 saturated heterocycles. The standard InChI is InChI=1S/C10H13NO4S/c1-7(5-12)8-2-3-10-9(4-8)11-16(13,14)6-15-10/h2-4,7,11-12H,5-6H2,1H3. The fourth-order valence-electron chi connectivity index (χ4n) is 1.50. The summed E-state index contributed by atoms with van der Waals surface area (Å²) in [6, 6.07) is 5.21. The van der Waals surface area contributed by atoms with Crippen LogP contribution in [-0.2, 0) is 10.0 Å². The number of hydrogen-bond donors (Lipinski definition) is 2. The first-order chi connectivity index (χ1) is 7.52. The first-order valence-corrected chi connectivity index (χ1v) is 6.55. The number of ether oxygens (including phenoxy) is 1. The van der Waals surface area contributed by atoms with E-state index >= 15 is 0 Å². The highest BCUT2D eigenvalue weighted by Crippen LogP contribution is 2.32. The molecular weight excluding hydrogens is 230 g/mol. The molecule has 2 N–H and O–H groups in total. The van der Waals surface area contributed by atoms with Crippen molar-refractivity contribution in [1.29, 1.82) is 0 Å². The molecule has 0 aliphatic carbocycles. The van der Waals surface area contributed by atoms with Gasteiger partial charge < -0.3 is 9.84 Å². The maximum Gasteiger partial charge on any atom is 0.268 e. The van der Waals surface area contributed by atoms with Crippen molar-refractivity contribution in [3.05, 3.63) is 23.8 Å². The van der Waals surface area contributed by atoms with Gasteiger partial charge in [-0.1, -0.05) is 13.0 Å². The summed E-state index contributed by atoms with van der Waals surface area (Å²) in [5.41, 5.74) is 1.30. The lowest BCUT2D eigenvalue weighted by Crippen LogP contribution is -2.25. The molecule has 5 nitrogen and oxygen atoms in total. The van der Waals surface area contributed by atoms with Crippen molar-refractivity contribution in [2.45, 2.75) is 12.8 Å². The second kappa shape index (κ2) is 3.95. The Morgan fingerprint density at radius 1 is 1.56 bits per heavy atom. The van der Waals surface area contributed by atoms with E-state index in [-0.39, 0.29) is 18.5 Å². The zero-order valence-corrected chi connectivity index (χ0v) is 9.62. The second-order valence-corrected chi connectivity index (χ2v) is 5.49. The molecule has 0 bridgehead atoms. The lowest BCUT2D eigenvalue weighted by atomic mass is 10.0. The summed E-state index contributed by atoms with van der Waals surface area (Å²) in [6.45, 7) is 1.88. The summed E-state index contributed by atoms with van der Waals surface area (Å²) in [6.07, 6.45) is 0. The van der Waals surface area contributed by atoms with Crippen molar-refractivity contribution < 1.29 is 18.3 Å².